The molecule has 2 amide bonds. The number of nitrogens with zero attached hydrogens (tertiary/aromatic N) is 1. The van der Waals surface area contributed by atoms with Crippen molar-refractivity contribution in [1.29, 1.82) is 0 Å². The highest BCUT2D eigenvalue weighted by Crippen LogP contribution is 2.26. The van der Waals surface area contributed by atoms with E-state index < -0.39 is 18.0 Å². The largest absolute Gasteiger partial charge is 0.480 e. The van der Waals surface area contributed by atoms with Crippen LogP contribution in [0.2, 0.25) is 0 Å². The van der Waals surface area contributed by atoms with Gasteiger partial charge in [0.2, 0.25) is 0 Å². The summed E-state index contributed by atoms with van der Waals surface area (Å²) in [6.45, 7) is 4.47. The van der Waals surface area contributed by atoms with Crippen LogP contribution in [0.3, 0.4) is 0 Å². The zero-order valence-electron chi connectivity index (χ0n) is 12.0. The lowest BCUT2D eigenvalue weighted by Gasteiger charge is -2.25. The first-order chi connectivity index (χ1) is 8.95. The summed E-state index contributed by atoms with van der Waals surface area (Å²) in [6.07, 6.45) is 3.62. The zero-order valence-corrected chi connectivity index (χ0v) is 12.0. The minimum absolute atomic E-state index is 0.257. The molecule has 1 aliphatic rings. The van der Waals surface area contributed by atoms with Crippen molar-refractivity contribution in [3.63, 3.8) is 0 Å². The average Bonchev–Trinajstić information content (AvgIpc) is 3.18. The fourth-order valence-electron chi connectivity index (χ4n) is 1.98. The third-order valence-electron chi connectivity index (χ3n) is 3.56. The van der Waals surface area contributed by atoms with Crippen LogP contribution in [0.25, 0.3) is 0 Å². The number of hydrogen-bond donors (Lipinski definition) is 3. The van der Waals surface area contributed by atoms with E-state index in [1.165, 1.54) is 12.8 Å². The standard InChI is InChI=1S/C13H25N3O3/c1-4-5-11(12(17)18)15-13(19)14-8-9(2)16(3)10-6-7-10/h9-11H,4-8H2,1-3H3,(H,17,18)(H2,14,15,19)/t9?,11-/m0/s1. The van der Waals surface area contributed by atoms with Crippen LogP contribution in [0, 0.1) is 0 Å². The van der Waals surface area contributed by atoms with Crippen LogP contribution in [-0.4, -0.2) is 53.7 Å². The SMILES string of the molecule is CCC[C@H](NC(=O)NCC(C)N(C)C1CC1)C(=O)O. The fourth-order valence-corrected chi connectivity index (χ4v) is 1.98. The Morgan fingerprint density at radius 3 is 2.53 bits per heavy atom. The predicted octanol–water partition coefficient (Wildman–Crippen LogP) is 1.02. The van der Waals surface area contributed by atoms with Crippen molar-refractivity contribution in [3.05, 3.63) is 0 Å². The summed E-state index contributed by atoms with van der Waals surface area (Å²) in [5.74, 6) is -0.986. The smallest absolute Gasteiger partial charge is 0.326 e. The van der Waals surface area contributed by atoms with E-state index in [4.69, 9.17) is 5.11 Å². The molecule has 0 aliphatic heterocycles. The van der Waals surface area contributed by atoms with E-state index >= 15 is 0 Å². The van der Waals surface area contributed by atoms with Gasteiger partial charge >= 0.3 is 12.0 Å². The van der Waals surface area contributed by atoms with E-state index in [1.807, 2.05) is 6.92 Å². The molecule has 2 atom stereocenters. The first-order valence-corrected chi connectivity index (χ1v) is 6.94. The third-order valence-corrected chi connectivity index (χ3v) is 3.56. The molecule has 110 valence electrons. The molecule has 0 heterocycles. The summed E-state index contributed by atoms with van der Waals surface area (Å²) in [6, 6.07) is -0.308. The van der Waals surface area contributed by atoms with Gasteiger partial charge < -0.3 is 15.7 Å². The van der Waals surface area contributed by atoms with Crippen molar-refractivity contribution in [2.24, 2.45) is 0 Å². The van der Waals surface area contributed by atoms with Gasteiger partial charge in [-0.15, -0.1) is 0 Å². The first kappa shape index (κ1) is 15.8. The van der Waals surface area contributed by atoms with Crippen molar-refractivity contribution < 1.29 is 14.7 Å². The summed E-state index contributed by atoms with van der Waals surface area (Å²) in [4.78, 5) is 24.8. The second kappa shape index (κ2) is 7.33. The average molecular weight is 271 g/mol. The maximum absolute atomic E-state index is 11.6. The normalized spacial score (nSPS) is 17.9. The Hall–Kier alpha value is -1.30. The van der Waals surface area contributed by atoms with Gasteiger partial charge in [0.05, 0.1) is 0 Å². The molecule has 1 fully saturated rings. The number of urea groups is 1. The van der Waals surface area contributed by atoms with Gasteiger partial charge in [0, 0.05) is 18.6 Å². The van der Waals surface area contributed by atoms with Gasteiger partial charge in [-0.25, -0.2) is 9.59 Å². The Morgan fingerprint density at radius 2 is 2.05 bits per heavy atom. The monoisotopic (exact) mass is 271 g/mol. The van der Waals surface area contributed by atoms with E-state index in [-0.39, 0.29) is 6.04 Å². The molecule has 3 N–H and O–H groups in total. The van der Waals surface area contributed by atoms with E-state index in [1.54, 1.807) is 0 Å². The number of carboxylic acids is 1. The van der Waals surface area contributed by atoms with Gasteiger partial charge in [-0.05, 0) is 33.2 Å². The molecule has 6 heteroatoms. The maximum atomic E-state index is 11.6. The summed E-state index contributed by atoms with van der Waals surface area (Å²) in [5, 5.41) is 14.2. The Kier molecular flexibility index (Phi) is 6.08. The molecule has 0 aromatic heterocycles. The van der Waals surface area contributed by atoms with Crippen molar-refractivity contribution in [2.45, 2.75) is 57.7 Å². The van der Waals surface area contributed by atoms with E-state index in [0.717, 1.165) is 6.42 Å². The number of hydrogen-bond acceptors (Lipinski definition) is 3. The van der Waals surface area contributed by atoms with Gasteiger partial charge in [-0.1, -0.05) is 13.3 Å². The number of amides is 2. The molecule has 0 bridgehead atoms. The van der Waals surface area contributed by atoms with Gasteiger partial charge in [0.1, 0.15) is 6.04 Å². The second-order valence-corrected chi connectivity index (χ2v) is 5.28. The maximum Gasteiger partial charge on any atom is 0.326 e. The number of carbonyl (C=O) groups is 2. The zero-order chi connectivity index (χ0) is 14.4. The highest BCUT2D eigenvalue weighted by Gasteiger charge is 2.29. The van der Waals surface area contributed by atoms with Crippen LogP contribution in [-0.2, 0) is 4.79 Å². The first-order valence-electron chi connectivity index (χ1n) is 6.94. The minimum atomic E-state index is -0.986. The third kappa shape index (κ3) is 5.46. The van der Waals surface area contributed by atoms with E-state index in [0.29, 0.717) is 19.0 Å². The van der Waals surface area contributed by atoms with Crippen LogP contribution >= 0.6 is 0 Å². The minimum Gasteiger partial charge on any atom is -0.480 e. The molecule has 0 saturated heterocycles. The summed E-state index contributed by atoms with van der Waals surface area (Å²) < 4.78 is 0. The summed E-state index contributed by atoms with van der Waals surface area (Å²) in [7, 11) is 2.05. The summed E-state index contributed by atoms with van der Waals surface area (Å²) in [5.41, 5.74) is 0. The Balaban J connectivity index is 2.27. The molecular formula is C13H25N3O3. The number of carboxylic acid groups (broad SMARTS) is 1. The molecular weight excluding hydrogens is 246 g/mol. The molecule has 1 rings (SSSR count). The molecule has 0 radical (unpaired) electrons. The van der Waals surface area contributed by atoms with Crippen LogP contribution in [0.15, 0.2) is 0 Å². The van der Waals surface area contributed by atoms with Crippen LogP contribution in [0.1, 0.15) is 39.5 Å². The van der Waals surface area contributed by atoms with Gasteiger partial charge in [0.25, 0.3) is 0 Å². The lowest BCUT2D eigenvalue weighted by atomic mass is 10.2. The molecule has 0 aromatic carbocycles. The van der Waals surface area contributed by atoms with Crippen LogP contribution in [0.5, 0.6) is 0 Å². The Labute approximate surface area is 114 Å². The van der Waals surface area contributed by atoms with Gasteiger partial charge in [0.15, 0.2) is 0 Å². The van der Waals surface area contributed by atoms with Crippen molar-refractivity contribution in [3.8, 4) is 0 Å². The lowest BCUT2D eigenvalue weighted by molar-refractivity contribution is -0.139. The number of carbonyl (C=O) groups excluding carboxylic acids is 1. The second-order valence-electron chi connectivity index (χ2n) is 5.28. The quantitative estimate of drug-likeness (QED) is 0.615. The summed E-state index contributed by atoms with van der Waals surface area (Å²) >= 11 is 0. The van der Waals surface area contributed by atoms with E-state index in [2.05, 4.69) is 29.5 Å². The van der Waals surface area contributed by atoms with Crippen molar-refractivity contribution >= 4 is 12.0 Å². The molecule has 19 heavy (non-hydrogen) atoms. The predicted molar refractivity (Wildman–Crippen MR) is 73.1 cm³/mol. The highest BCUT2D eigenvalue weighted by molar-refractivity contribution is 5.82. The lowest BCUT2D eigenvalue weighted by Crippen LogP contribution is -2.49. The molecule has 0 aromatic rings. The molecule has 0 spiro atoms. The van der Waals surface area contributed by atoms with E-state index in [9.17, 15) is 9.59 Å². The number of nitrogens with one attached hydrogen (secondary N) is 2. The van der Waals surface area contributed by atoms with Crippen molar-refractivity contribution in [1.82, 2.24) is 15.5 Å². The van der Waals surface area contributed by atoms with Crippen LogP contribution < -0.4 is 10.6 Å². The Morgan fingerprint density at radius 1 is 1.42 bits per heavy atom. The van der Waals surface area contributed by atoms with Crippen LogP contribution in [0.4, 0.5) is 4.79 Å². The Bertz CT molecular complexity index is 318. The molecule has 1 unspecified atom stereocenters. The molecule has 6 nitrogen and oxygen atoms in total. The topological polar surface area (TPSA) is 81.7 Å². The van der Waals surface area contributed by atoms with Gasteiger partial charge in [-0.3, -0.25) is 4.90 Å². The fraction of sp³-hybridized carbons (Fsp3) is 0.846. The highest BCUT2D eigenvalue weighted by atomic mass is 16.4. The molecule has 1 aliphatic carbocycles. The number of rotatable bonds is 8. The number of aliphatic carboxylic acids is 1. The van der Waals surface area contributed by atoms with Gasteiger partial charge in [-0.2, -0.15) is 0 Å². The van der Waals surface area contributed by atoms with Crippen molar-refractivity contribution in [2.75, 3.05) is 13.6 Å². The number of likely N-dealkylation sites (N-methyl/N-ethyl adjacent to an activating group) is 1. The molecule has 1 saturated carbocycles.